The van der Waals surface area contributed by atoms with Gasteiger partial charge in [0.2, 0.25) is 0 Å². The van der Waals surface area contributed by atoms with Crippen molar-refractivity contribution in [3.05, 3.63) is 52.5 Å². The van der Waals surface area contributed by atoms with Crippen LogP contribution < -0.4 is 5.32 Å². The highest BCUT2D eigenvalue weighted by Gasteiger charge is 2.03. The molecule has 96 valence electrons. The number of rotatable bonds is 3. The van der Waals surface area contributed by atoms with Gasteiger partial charge in [0, 0.05) is 24.1 Å². The van der Waals surface area contributed by atoms with Crippen LogP contribution in [-0.2, 0) is 6.54 Å². The summed E-state index contributed by atoms with van der Waals surface area (Å²) in [4.78, 5) is 8.54. The SMILES string of the molecule is Cc1nc2ccc(CNc3ccc(Br)cn3)cc2o1. The first-order valence-electron chi connectivity index (χ1n) is 5.92. The van der Waals surface area contributed by atoms with Crippen LogP contribution >= 0.6 is 15.9 Å². The Labute approximate surface area is 119 Å². The smallest absolute Gasteiger partial charge is 0.192 e. The highest BCUT2D eigenvalue weighted by molar-refractivity contribution is 9.10. The highest BCUT2D eigenvalue weighted by Crippen LogP contribution is 2.18. The zero-order chi connectivity index (χ0) is 13.2. The molecule has 0 aliphatic heterocycles. The molecule has 0 saturated heterocycles. The van der Waals surface area contributed by atoms with Crippen LogP contribution in [0.4, 0.5) is 5.82 Å². The van der Waals surface area contributed by atoms with Crippen LogP contribution in [0.5, 0.6) is 0 Å². The average molecular weight is 318 g/mol. The Morgan fingerprint density at radius 3 is 2.95 bits per heavy atom. The van der Waals surface area contributed by atoms with Crippen LogP contribution in [0.1, 0.15) is 11.5 Å². The maximum Gasteiger partial charge on any atom is 0.192 e. The maximum atomic E-state index is 5.52. The second-order valence-corrected chi connectivity index (χ2v) is 5.17. The number of halogens is 1. The van der Waals surface area contributed by atoms with E-state index in [1.54, 1.807) is 6.20 Å². The third kappa shape index (κ3) is 2.76. The van der Waals surface area contributed by atoms with E-state index in [2.05, 4.69) is 31.2 Å². The molecule has 0 bridgehead atoms. The van der Waals surface area contributed by atoms with Gasteiger partial charge in [-0.05, 0) is 45.8 Å². The van der Waals surface area contributed by atoms with E-state index in [1.165, 1.54) is 0 Å². The monoisotopic (exact) mass is 317 g/mol. The van der Waals surface area contributed by atoms with Crippen molar-refractivity contribution in [1.82, 2.24) is 9.97 Å². The number of fused-ring (bicyclic) bond motifs is 1. The molecule has 1 aromatic carbocycles. The molecular formula is C14H12BrN3O. The van der Waals surface area contributed by atoms with Crippen molar-refractivity contribution < 1.29 is 4.42 Å². The number of aryl methyl sites for hydroxylation is 1. The van der Waals surface area contributed by atoms with E-state index < -0.39 is 0 Å². The van der Waals surface area contributed by atoms with Gasteiger partial charge >= 0.3 is 0 Å². The van der Waals surface area contributed by atoms with Crippen molar-refractivity contribution >= 4 is 32.8 Å². The molecular weight excluding hydrogens is 306 g/mol. The predicted molar refractivity (Wildman–Crippen MR) is 78.0 cm³/mol. The summed E-state index contributed by atoms with van der Waals surface area (Å²) in [6.45, 7) is 2.55. The number of aromatic nitrogens is 2. The van der Waals surface area contributed by atoms with Crippen LogP contribution in [0.2, 0.25) is 0 Å². The minimum atomic E-state index is 0.690. The number of hydrogen-bond acceptors (Lipinski definition) is 4. The molecule has 5 heteroatoms. The fraction of sp³-hybridized carbons (Fsp3) is 0.143. The van der Waals surface area contributed by atoms with E-state index >= 15 is 0 Å². The Morgan fingerprint density at radius 2 is 2.16 bits per heavy atom. The van der Waals surface area contributed by atoms with Crippen molar-refractivity contribution in [2.75, 3.05) is 5.32 Å². The van der Waals surface area contributed by atoms with E-state index in [0.717, 1.165) is 27.0 Å². The number of benzene rings is 1. The van der Waals surface area contributed by atoms with Gasteiger partial charge in [-0.15, -0.1) is 0 Å². The topological polar surface area (TPSA) is 51.0 Å². The van der Waals surface area contributed by atoms with Crippen LogP contribution in [0.25, 0.3) is 11.1 Å². The standard InChI is InChI=1S/C14H12BrN3O/c1-9-18-12-4-2-10(6-13(12)19-9)7-16-14-5-3-11(15)8-17-14/h2-6,8H,7H2,1H3,(H,16,17). The Morgan fingerprint density at radius 1 is 1.26 bits per heavy atom. The third-order valence-corrected chi connectivity index (χ3v) is 3.23. The quantitative estimate of drug-likeness (QED) is 0.795. The number of nitrogens with zero attached hydrogens (tertiary/aromatic N) is 2. The molecule has 19 heavy (non-hydrogen) atoms. The number of anilines is 1. The van der Waals surface area contributed by atoms with Crippen LogP contribution in [0, 0.1) is 6.92 Å². The van der Waals surface area contributed by atoms with Crippen molar-refractivity contribution in [2.24, 2.45) is 0 Å². The number of nitrogens with one attached hydrogen (secondary N) is 1. The van der Waals surface area contributed by atoms with Gasteiger partial charge in [0.25, 0.3) is 0 Å². The lowest BCUT2D eigenvalue weighted by molar-refractivity contribution is 0.561. The minimum Gasteiger partial charge on any atom is -0.441 e. The molecule has 0 amide bonds. The maximum absolute atomic E-state index is 5.52. The van der Waals surface area contributed by atoms with Gasteiger partial charge in [-0.1, -0.05) is 6.07 Å². The van der Waals surface area contributed by atoms with Gasteiger partial charge in [-0.2, -0.15) is 0 Å². The van der Waals surface area contributed by atoms with Crippen molar-refractivity contribution in [3.63, 3.8) is 0 Å². The van der Waals surface area contributed by atoms with Gasteiger partial charge in [0.05, 0.1) is 0 Å². The zero-order valence-corrected chi connectivity index (χ0v) is 11.9. The summed E-state index contributed by atoms with van der Waals surface area (Å²) in [7, 11) is 0. The van der Waals surface area contributed by atoms with Crippen molar-refractivity contribution in [2.45, 2.75) is 13.5 Å². The van der Waals surface area contributed by atoms with E-state index in [0.29, 0.717) is 12.4 Å². The fourth-order valence-corrected chi connectivity index (χ4v) is 2.10. The Kier molecular flexibility index (Phi) is 3.21. The number of hydrogen-bond donors (Lipinski definition) is 1. The summed E-state index contributed by atoms with van der Waals surface area (Å²) in [5.74, 6) is 1.53. The van der Waals surface area contributed by atoms with Crippen molar-refractivity contribution in [3.8, 4) is 0 Å². The molecule has 0 saturated carbocycles. The summed E-state index contributed by atoms with van der Waals surface area (Å²) >= 11 is 3.36. The zero-order valence-electron chi connectivity index (χ0n) is 10.4. The first-order valence-corrected chi connectivity index (χ1v) is 6.71. The normalized spacial score (nSPS) is 10.8. The van der Waals surface area contributed by atoms with Crippen LogP contribution in [0.15, 0.2) is 45.4 Å². The Balaban J connectivity index is 1.75. The average Bonchev–Trinajstić information content (AvgIpc) is 2.77. The molecule has 2 aromatic heterocycles. The van der Waals surface area contributed by atoms with Crippen LogP contribution in [-0.4, -0.2) is 9.97 Å². The second-order valence-electron chi connectivity index (χ2n) is 4.25. The summed E-state index contributed by atoms with van der Waals surface area (Å²) < 4.78 is 6.48. The first kappa shape index (κ1) is 12.2. The van der Waals surface area contributed by atoms with Gasteiger partial charge in [0.1, 0.15) is 11.3 Å². The molecule has 0 fully saturated rings. The number of pyridine rings is 1. The summed E-state index contributed by atoms with van der Waals surface area (Å²) in [5.41, 5.74) is 2.84. The van der Waals surface area contributed by atoms with Gasteiger partial charge in [0.15, 0.2) is 11.5 Å². The fourth-order valence-electron chi connectivity index (χ4n) is 1.87. The highest BCUT2D eigenvalue weighted by atomic mass is 79.9. The third-order valence-electron chi connectivity index (χ3n) is 2.76. The second kappa shape index (κ2) is 5.01. The Bertz CT molecular complexity index is 706. The molecule has 0 unspecified atom stereocenters. The van der Waals surface area contributed by atoms with E-state index in [1.807, 2.05) is 37.3 Å². The summed E-state index contributed by atoms with van der Waals surface area (Å²) in [6.07, 6.45) is 1.77. The largest absolute Gasteiger partial charge is 0.441 e. The molecule has 0 radical (unpaired) electrons. The lowest BCUT2D eigenvalue weighted by Crippen LogP contribution is -2.00. The molecule has 0 atom stereocenters. The molecule has 0 aliphatic carbocycles. The van der Waals surface area contributed by atoms with Gasteiger partial charge in [-0.25, -0.2) is 9.97 Å². The van der Waals surface area contributed by atoms with E-state index in [-0.39, 0.29) is 0 Å². The molecule has 2 heterocycles. The van der Waals surface area contributed by atoms with Gasteiger partial charge in [-0.3, -0.25) is 0 Å². The number of oxazole rings is 1. The molecule has 4 nitrogen and oxygen atoms in total. The van der Waals surface area contributed by atoms with Crippen LogP contribution in [0.3, 0.4) is 0 Å². The summed E-state index contributed by atoms with van der Waals surface area (Å²) in [6, 6.07) is 9.90. The molecule has 0 spiro atoms. The molecule has 3 rings (SSSR count). The summed E-state index contributed by atoms with van der Waals surface area (Å²) in [5, 5.41) is 3.27. The molecule has 0 aliphatic rings. The van der Waals surface area contributed by atoms with E-state index in [4.69, 9.17) is 4.42 Å². The molecule has 3 aromatic rings. The molecule has 1 N–H and O–H groups in total. The van der Waals surface area contributed by atoms with Gasteiger partial charge < -0.3 is 9.73 Å². The minimum absolute atomic E-state index is 0.690. The lowest BCUT2D eigenvalue weighted by atomic mass is 10.2. The lowest BCUT2D eigenvalue weighted by Gasteiger charge is -2.05. The van der Waals surface area contributed by atoms with E-state index in [9.17, 15) is 0 Å². The predicted octanol–water partition coefficient (Wildman–Crippen LogP) is 3.91. The first-order chi connectivity index (χ1) is 9.20. The Hall–Kier alpha value is -1.88. The van der Waals surface area contributed by atoms with Crippen molar-refractivity contribution in [1.29, 1.82) is 0 Å².